The van der Waals surface area contributed by atoms with Crippen LogP contribution in [0.2, 0.25) is 0 Å². The van der Waals surface area contributed by atoms with E-state index in [1.54, 1.807) is 43.3 Å². The first-order valence-electron chi connectivity index (χ1n) is 9.24. The highest BCUT2D eigenvalue weighted by molar-refractivity contribution is 8.00. The molecule has 8 heteroatoms. The average molecular weight is 420 g/mol. The number of aromatic nitrogens is 4. The van der Waals surface area contributed by atoms with Crippen molar-refractivity contribution in [2.45, 2.75) is 11.9 Å². The molecule has 2 heterocycles. The topological polar surface area (TPSA) is 79.1 Å². The molecule has 30 heavy (non-hydrogen) atoms. The Bertz CT molecular complexity index is 1200. The van der Waals surface area contributed by atoms with E-state index >= 15 is 0 Å². The monoisotopic (exact) mass is 420 g/mol. The van der Waals surface area contributed by atoms with E-state index in [1.165, 1.54) is 23.7 Å². The number of benzene rings is 2. The van der Waals surface area contributed by atoms with Gasteiger partial charge >= 0.3 is 0 Å². The van der Waals surface area contributed by atoms with E-state index in [-0.39, 0.29) is 11.5 Å². The highest BCUT2D eigenvalue weighted by Gasteiger charge is 2.15. The third-order valence-corrected chi connectivity index (χ3v) is 5.66. The number of carbonyl (C=O) groups excluding carboxylic acids is 1. The molecular weight excluding hydrogens is 400 g/mol. The largest absolute Gasteiger partial charge is 0.493 e. The summed E-state index contributed by atoms with van der Waals surface area (Å²) in [6.07, 6.45) is 3.23. The van der Waals surface area contributed by atoms with Gasteiger partial charge in [-0.05, 0) is 37.3 Å². The number of ether oxygens (including phenoxy) is 2. The van der Waals surface area contributed by atoms with Crippen LogP contribution in [0.25, 0.3) is 16.7 Å². The Morgan fingerprint density at radius 3 is 2.53 bits per heavy atom. The summed E-state index contributed by atoms with van der Waals surface area (Å²) in [5.41, 5.74) is 3.36. The van der Waals surface area contributed by atoms with Gasteiger partial charge in [0.15, 0.2) is 22.9 Å². The molecule has 2 aromatic carbocycles. The maximum absolute atomic E-state index is 12.7. The van der Waals surface area contributed by atoms with Crippen molar-refractivity contribution in [3.05, 3.63) is 66.1 Å². The number of fused-ring (bicyclic) bond motifs is 1. The maximum atomic E-state index is 12.7. The number of nitrogens with zero attached hydrogens (tertiary/aromatic N) is 4. The molecule has 0 saturated carbocycles. The minimum atomic E-state index is -0.0290. The molecule has 152 valence electrons. The maximum Gasteiger partial charge on any atom is 0.173 e. The molecule has 0 radical (unpaired) electrons. The van der Waals surface area contributed by atoms with Gasteiger partial charge in [0.05, 0.1) is 37.2 Å². The zero-order valence-corrected chi connectivity index (χ0v) is 17.6. The molecule has 0 spiro atoms. The van der Waals surface area contributed by atoms with E-state index in [0.29, 0.717) is 27.7 Å². The fourth-order valence-electron chi connectivity index (χ4n) is 3.04. The number of methoxy groups -OCH3 is 2. The normalized spacial score (nSPS) is 10.9. The summed E-state index contributed by atoms with van der Waals surface area (Å²) in [6.45, 7) is 2.04. The Balaban J connectivity index is 1.56. The number of aryl methyl sites for hydroxylation is 1. The molecule has 2 aromatic heterocycles. The second-order valence-corrected chi connectivity index (χ2v) is 7.55. The molecule has 0 atom stereocenters. The zero-order chi connectivity index (χ0) is 21.1. The van der Waals surface area contributed by atoms with Gasteiger partial charge in [0, 0.05) is 5.56 Å². The standard InChI is InChI=1S/C22H20N4O3S/c1-14-4-7-16(8-5-14)26-21-17(11-25-26)22(24-13-23-21)30-12-18(27)15-6-9-19(28-2)20(10-15)29-3/h4-11,13H,12H2,1-3H3. The molecule has 0 amide bonds. The number of hydrogen-bond donors (Lipinski definition) is 0. The third kappa shape index (κ3) is 3.86. The van der Waals surface area contributed by atoms with Crippen LogP contribution in [0.3, 0.4) is 0 Å². The molecule has 4 aromatic rings. The van der Waals surface area contributed by atoms with Crippen molar-refractivity contribution in [1.29, 1.82) is 0 Å². The van der Waals surface area contributed by atoms with Crippen molar-refractivity contribution in [2.75, 3.05) is 20.0 Å². The fraction of sp³-hybridized carbons (Fsp3) is 0.182. The van der Waals surface area contributed by atoms with E-state index in [9.17, 15) is 4.79 Å². The quantitative estimate of drug-likeness (QED) is 0.253. The van der Waals surface area contributed by atoms with Crippen LogP contribution < -0.4 is 9.47 Å². The highest BCUT2D eigenvalue weighted by atomic mass is 32.2. The molecule has 7 nitrogen and oxygen atoms in total. The molecule has 0 aliphatic carbocycles. The van der Waals surface area contributed by atoms with Gasteiger partial charge in [0.25, 0.3) is 0 Å². The predicted octanol–water partition coefficient (Wildman–Crippen LogP) is 4.12. The summed E-state index contributed by atoms with van der Waals surface area (Å²) < 4.78 is 12.3. The van der Waals surface area contributed by atoms with E-state index in [1.807, 2.05) is 31.2 Å². The fourth-order valence-corrected chi connectivity index (χ4v) is 3.90. The molecular formula is C22H20N4O3S. The van der Waals surface area contributed by atoms with Crippen molar-refractivity contribution >= 4 is 28.6 Å². The lowest BCUT2D eigenvalue weighted by molar-refractivity contribution is 0.102. The third-order valence-electron chi connectivity index (χ3n) is 4.65. The first-order chi connectivity index (χ1) is 14.6. The Labute approximate surface area is 178 Å². The van der Waals surface area contributed by atoms with Gasteiger partial charge in [-0.25, -0.2) is 14.6 Å². The van der Waals surface area contributed by atoms with Crippen LogP contribution in [-0.4, -0.2) is 45.5 Å². The van der Waals surface area contributed by atoms with Gasteiger partial charge in [0.2, 0.25) is 0 Å². The van der Waals surface area contributed by atoms with Crippen LogP contribution in [-0.2, 0) is 0 Å². The number of thioether (sulfide) groups is 1. The van der Waals surface area contributed by atoms with Gasteiger partial charge in [0.1, 0.15) is 11.4 Å². The predicted molar refractivity (Wildman–Crippen MR) is 116 cm³/mol. The minimum absolute atomic E-state index is 0.0290. The Hall–Kier alpha value is -3.39. The Kier molecular flexibility index (Phi) is 5.67. The number of rotatable bonds is 7. The summed E-state index contributed by atoms with van der Waals surface area (Å²) >= 11 is 1.36. The van der Waals surface area contributed by atoms with E-state index in [4.69, 9.17) is 9.47 Å². The van der Waals surface area contributed by atoms with Crippen LogP contribution >= 0.6 is 11.8 Å². The molecule has 0 N–H and O–H groups in total. The summed E-state index contributed by atoms with van der Waals surface area (Å²) in [5, 5.41) is 5.99. The van der Waals surface area contributed by atoms with E-state index in [2.05, 4.69) is 15.1 Å². The second-order valence-electron chi connectivity index (χ2n) is 6.59. The molecule has 0 saturated heterocycles. The SMILES string of the molecule is COc1ccc(C(=O)CSc2ncnc3c2cnn3-c2ccc(C)cc2)cc1OC. The Morgan fingerprint density at radius 2 is 1.80 bits per heavy atom. The van der Waals surface area contributed by atoms with Gasteiger partial charge in [-0.1, -0.05) is 29.5 Å². The van der Waals surface area contributed by atoms with Crippen molar-refractivity contribution in [2.24, 2.45) is 0 Å². The highest BCUT2D eigenvalue weighted by Crippen LogP contribution is 2.30. The van der Waals surface area contributed by atoms with Gasteiger partial charge in [-0.15, -0.1) is 0 Å². The number of carbonyl (C=O) groups is 1. The van der Waals surface area contributed by atoms with Crippen molar-refractivity contribution in [3.63, 3.8) is 0 Å². The van der Waals surface area contributed by atoms with Crippen LogP contribution in [0.5, 0.6) is 11.5 Å². The van der Waals surface area contributed by atoms with E-state index < -0.39 is 0 Å². The molecule has 0 aliphatic rings. The Morgan fingerprint density at radius 1 is 1.03 bits per heavy atom. The molecule has 4 rings (SSSR count). The number of hydrogen-bond acceptors (Lipinski definition) is 7. The molecule has 0 aliphatic heterocycles. The lowest BCUT2D eigenvalue weighted by Gasteiger charge is -2.09. The summed E-state index contributed by atoms with van der Waals surface area (Å²) in [6, 6.07) is 13.2. The smallest absolute Gasteiger partial charge is 0.173 e. The minimum Gasteiger partial charge on any atom is -0.493 e. The summed E-state index contributed by atoms with van der Waals surface area (Å²) in [4.78, 5) is 21.4. The first kappa shape index (κ1) is 19.9. The summed E-state index contributed by atoms with van der Waals surface area (Å²) in [5.74, 6) is 1.32. The van der Waals surface area contributed by atoms with Gasteiger partial charge in [-0.2, -0.15) is 5.10 Å². The molecule has 0 unspecified atom stereocenters. The lowest BCUT2D eigenvalue weighted by Crippen LogP contribution is -2.04. The first-order valence-corrected chi connectivity index (χ1v) is 10.2. The zero-order valence-electron chi connectivity index (χ0n) is 16.8. The van der Waals surface area contributed by atoms with Gasteiger partial charge < -0.3 is 9.47 Å². The molecule has 0 fully saturated rings. The number of Topliss-reactive ketones (excluding diaryl/α,β-unsaturated/α-hetero) is 1. The second kappa shape index (κ2) is 8.54. The number of ketones is 1. The van der Waals surface area contributed by atoms with Crippen LogP contribution in [0.15, 0.2) is 60.0 Å². The van der Waals surface area contributed by atoms with Gasteiger partial charge in [-0.3, -0.25) is 4.79 Å². The van der Waals surface area contributed by atoms with Crippen LogP contribution in [0.1, 0.15) is 15.9 Å². The average Bonchev–Trinajstić information content (AvgIpc) is 3.22. The molecule has 0 bridgehead atoms. The van der Waals surface area contributed by atoms with Crippen molar-refractivity contribution in [3.8, 4) is 17.2 Å². The van der Waals surface area contributed by atoms with Crippen molar-refractivity contribution < 1.29 is 14.3 Å². The lowest BCUT2D eigenvalue weighted by atomic mass is 10.1. The van der Waals surface area contributed by atoms with Crippen LogP contribution in [0.4, 0.5) is 0 Å². The van der Waals surface area contributed by atoms with Crippen LogP contribution in [0, 0.1) is 6.92 Å². The van der Waals surface area contributed by atoms with Crippen molar-refractivity contribution in [1.82, 2.24) is 19.7 Å². The van der Waals surface area contributed by atoms with E-state index in [0.717, 1.165) is 11.1 Å². The summed E-state index contributed by atoms with van der Waals surface area (Å²) in [7, 11) is 3.11.